The second-order valence-corrected chi connectivity index (χ2v) is 5.50. The van der Waals surface area contributed by atoms with Crippen LogP contribution in [0.2, 0.25) is 0 Å². The van der Waals surface area contributed by atoms with Crippen LogP contribution in [-0.2, 0) is 14.3 Å². The second-order valence-electron chi connectivity index (χ2n) is 5.50. The Morgan fingerprint density at radius 3 is 2.50 bits per heavy atom. The Balaban J connectivity index is 2.35. The standard InChI is InChI=1S/C15H26N2O5/c1-2-3-11-22-15(21)16-12(14(19)20)7-8-13(18)17-9-5-4-6-10-17/h12H,2-11H2,1H3,(H,16,21)(H,19,20). The molecule has 2 N–H and O–H groups in total. The third-order valence-corrected chi connectivity index (χ3v) is 3.68. The van der Waals surface area contributed by atoms with E-state index in [9.17, 15) is 14.4 Å². The molecule has 1 saturated heterocycles. The molecule has 126 valence electrons. The molecular formula is C15H26N2O5. The van der Waals surface area contributed by atoms with Crippen LogP contribution in [0, 0.1) is 0 Å². The monoisotopic (exact) mass is 314 g/mol. The van der Waals surface area contributed by atoms with Crippen molar-refractivity contribution in [2.75, 3.05) is 19.7 Å². The summed E-state index contributed by atoms with van der Waals surface area (Å²) in [7, 11) is 0. The van der Waals surface area contributed by atoms with E-state index in [0.717, 1.165) is 45.2 Å². The van der Waals surface area contributed by atoms with Crippen LogP contribution in [-0.4, -0.2) is 53.7 Å². The number of piperidine rings is 1. The lowest BCUT2D eigenvalue weighted by Gasteiger charge is -2.27. The molecule has 1 rings (SSSR count). The summed E-state index contributed by atoms with van der Waals surface area (Å²) in [6.45, 7) is 3.71. The maximum atomic E-state index is 12.0. The number of amides is 2. The van der Waals surface area contributed by atoms with Gasteiger partial charge in [-0.05, 0) is 32.1 Å². The van der Waals surface area contributed by atoms with E-state index < -0.39 is 18.1 Å². The molecule has 0 aromatic rings. The normalized spacial score (nSPS) is 16.0. The highest BCUT2D eigenvalue weighted by Crippen LogP contribution is 2.11. The van der Waals surface area contributed by atoms with Crippen LogP contribution in [0.1, 0.15) is 51.9 Å². The van der Waals surface area contributed by atoms with Gasteiger partial charge in [-0.3, -0.25) is 4.79 Å². The van der Waals surface area contributed by atoms with Gasteiger partial charge in [-0.15, -0.1) is 0 Å². The summed E-state index contributed by atoms with van der Waals surface area (Å²) < 4.78 is 4.88. The third kappa shape index (κ3) is 6.78. The highest BCUT2D eigenvalue weighted by atomic mass is 16.5. The molecule has 0 saturated carbocycles. The number of likely N-dealkylation sites (tertiary alicyclic amines) is 1. The molecule has 0 aromatic carbocycles. The first kappa shape index (κ1) is 18.3. The predicted molar refractivity (Wildman–Crippen MR) is 80.5 cm³/mol. The third-order valence-electron chi connectivity index (χ3n) is 3.68. The molecule has 0 aliphatic carbocycles. The zero-order valence-corrected chi connectivity index (χ0v) is 13.2. The number of nitrogens with zero attached hydrogens (tertiary/aromatic N) is 1. The lowest BCUT2D eigenvalue weighted by molar-refractivity contribution is -0.140. The highest BCUT2D eigenvalue weighted by Gasteiger charge is 2.23. The zero-order chi connectivity index (χ0) is 16.4. The van der Waals surface area contributed by atoms with Crippen molar-refractivity contribution in [2.24, 2.45) is 0 Å². The molecule has 1 unspecified atom stereocenters. The predicted octanol–water partition coefficient (Wildman–Crippen LogP) is 1.76. The number of alkyl carbamates (subject to hydrolysis) is 1. The van der Waals surface area contributed by atoms with Gasteiger partial charge in [-0.25, -0.2) is 9.59 Å². The van der Waals surface area contributed by atoms with Gasteiger partial charge in [0.2, 0.25) is 5.91 Å². The van der Waals surface area contributed by atoms with Gasteiger partial charge in [-0.1, -0.05) is 13.3 Å². The van der Waals surface area contributed by atoms with E-state index in [1.54, 1.807) is 4.90 Å². The first-order valence-electron chi connectivity index (χ1n) is 7.98. The smallest absolute Gasteiger partial charge is 0.407 e. The summed E-state index contributed by atoms with van der Waals surface area (Å²) in [4.78, 5) is 36.4. The molecule has 0 radical (unpaired) electrons. The topological polar surface area (TPSA) is 95.9 Å². The quantitative estimate of drug-likeness (QED) is 0.666. The number of carbonyl (C=O) groups excluding carboxylic acids is 2. The molecule has 7 nitrogen and oxygen atoms in total. The van der Waals surface area contributed by atoms with Crippen LogP contribution in [0.4, 0.5) is 4.79 Å². The van der Waals surface area contributed by atoms with E-state index in [4.69, 9.17) is 9.84 Å². The molecular weight excluding hydrogens is 288 g/mol. The Hall–Kier alpha value is -1.79. The Morgan fingerprint density at radius 1 is 1.23 bits per heavy atom. The number of hydrogen-bond donors (Lipinski definition) is 2. The fourth-order valence-electron chi connectivity index (χ4n) is 2.32. The van der Waals surface area contributed by atoms with Gasteiger partial charge in [-0.2, -0.15) is 0 Å². The van der Waals surface area contributed by atoms with Crippen molar-refractivity contribution in [3.8, 4) is 0 Å². The number of carboxylic acids is 1. The van der Waals surface area contributed by atoms with Crippen molar-refractivity contribution >= 4 is 18.0 Å². The lowest BCUT2D eigenvalue weighted by Crippen LogP contribution is -2.42. The molecule has 0 aromatic heterocycles. The molecule has 1 fully saturated rings. The average Bonchev–Trinajstić information content (AvgIpc) is 2.52. The van der Waals surface area contributed by atoms with Crippen molar-refractivity contribution < 1.29 is 24.2 Å². The molecule has 1 aliphatic rings. The molecule has 1 aliphatic heterocycles. The van der Waals surface area contributed by atoms with E-state index >= 15 is 0 Å². The van der Waals surface area contributed by atoms with Crippen molar-refractivity contribution in [1.29, 1.82) is 0 Å². The molecule has 22 heavy (non-hydrogen) atoms. The number of carbonyl (C=O) groups is 3. The van der Waals surface area contributed by atoms with Crippen molar-refractivity contribution in [3.63, 3.8) is 0 Å². The number of hydrogen-bond acceptors (Lipinski definition) is 4. The summed E-state index contributed by atoms with van der Waals surface area (Å²) in [5.74, 6) is -1.20. The molecule has 0 bridgehead atoms. The lowest BCUT2D eigenvalue weighted by atomic mass is 10.1. The van der Waals surface area contributed by atoms with Gasteiger partial charge < -0.3 is 20.1 Å². The summed E-state index contributed by atoms with van der Waals surface area (Å²) >= 11 is 0. The van der Waals surface area contributed by atoms with Crippen LogP contribution in [0.15, 0.2) is 0 Å². The Labute approximate surface area is 131 Å². The van der Waals surface area contributed by atoms with Gasteiger partial charge in [0, 0.05) is 19.5 Å². The number of aliphatic carboxylic acids is 1. The van der Waals surface area contributed by atoms with E-state index in [1.807, 2.05) is 6.92 Å². The molecule has 2 amide bonds. The molecule has 1 heterocycles. The van der Waals surface area contributed by atoms with Crippen LogP contribution in [0.25, 0.3) is 0 Å². The number of ether oxygens (including phenoxy) is 1. The van der Waals surface area contributed by atoms with E-state index in [0.29, 0.717) is 0 Å². The van der Waals surface area contributed by atoms with Crippen LogP contribution >= 0.6 is 0 Å². The average molecular weight is 314 g/mol. The van der Waals surface area contributed by atoms with Crippen molar-refractivity contribution in [1.82, 2.24) is 10.2 Å². The minimum Gasteiger partial charge on any atom is -0.480 e. The SMILES string of the molecule is CCCCOC(=O)NC(CCC(=O)N1CCCCC1)C(=O)O. The maximum absolute atomic E-state index is 12.0. The van der Waals surface area contributed by atoms with E-state index in [-0.39, 0.29) is 25.4 Å². The number of nitrogens with one attached hydrogen (secondary N) is 1. The van der Waals surface area contributed by atoms with Gasteiger partial charge in [0.25, 0.3) is 0 Å². The van der Waals surface area contributed by atoms with Gasteiger partial charge in [0.1, 0.15) is 6.04 Å². The molecule has 7 heteroatoms. The highest BCUT2D eigenvalue weighted by molar-refractivity contribution is 5.81. The number of carboxylic acid groups (broad SMARTS) is 1. The Morgan fingerprint density at radius 2 is 1.91 bits per heavy atom. The minimum absolute atomic E-state index is 0.0490. The van der Waals surface area contributed by atoms with Crippen LogP contribution in [0.5, 0.6) is 0 Å². The van der Waals surface area contributed by atoms with Crippen molar-refractivity contribution in [3.05, 3.63) is 0 Å². The largest absolute Gasteiger partial charge is 0.480 e. The van der Waals surface area contributed by atoms with Crippen LogP contribution in [0.3, 0.4) is 0 Å². The fourth-order valence-corrected chi connectivity index (χ4v) is 2.32. The number of unbranched alkanes of at least 4 members (excludes halogenated alkanes) is 1. The summed E-state index contributed by atoms with van der Waals surface area (Å²) in [6, 6.07) is -1.09. The van der Waals surface area contributed by atoms with Gasteiger partial charge >= 0.3 is 12.1 Å². The van der Waals surface area contributed by atoms with Gasteiger partial charge in [0.15, 0.2) is 0 Å². The Kier molecular flexibility index (Phi) is 8.32. The Bertz CT molecular complexity index is 380. The van der Waals surface area contributed by atoms with Crippen molar-refractivity contribution in [2.45, 2.75) is 57.9 Å². The molecule has 0 spiro atoms. The number of rotatable bonds is 8. The summed E-state index contributed by atoms with van der Waals surface area (Å²) in [5, 5.41) is 11.4. The first-order valence-corrected chi connectivity index (χ1v) is 7.98. The summed E-state index contributed by atoms with van der Waals surface area (Å²) in [5.41, 5.74) is 0. The van der Waals surface area contributed by atoms with Gasteiger partial charge in [0.05, 0.1) is 6.61 Å². The van der Waals surface area contributed by atoms with E-state index in [1.165, 1.54) is 0 Å². The summed E-state index contributed by atoms with van der Waals surface area (Å²) in [6.07, 6.45) is 4.20. The zero-order valence-electron chi connectivity index (χ0n) is 13.2. The maximum Gasteiger partial charge on any atom is 0.407 e. The second kappa shape index (κ2) is 10.0. The molecule has 1 atom stereocenters. The van der Waals surface area contributed by atoms with Crippen LogP contribution < -0.4 is 5.32 Å². The van der Waals surface area contributed by atoms with E-state index in [2.05, 4.69) is 5.32 Å². The minimum atomic E-state index is -1.15. The fraction of sp³-hybridized carbons (Fsp3) is 0.800. The first-order chi connectivity index (χ1) is 10.5.